The number of carbonyl (C=O) groups is 1. The quantitative estimate of drug-likeness (QED) is 0.926. The largest absolute Gasteiger partial charge is 0.341 e. The van der Waals surface area contributed by atoms with E-state index in [9.17, 15) is 4.79 Å². The van der Waals surface area contributed by atoms with Gasteiger partial charge in [-0.2, -0.15) is 5.10 Å². The lowest BCUT2D eigenvalue weighted by atomic mass is 9.78. The van der Waals surface area contributed by atoms with Crippen molar-refractivity contribution in [1.82, 2.24) is 19.5 Å². The summed E-state index contributed by atoms with van der Waals surface area (Å²) >= 11 is 0. The number of likely N-dealkylation sites (tertiary alicyclic amines) is 1. The van der Waals surface area contributed by atoms with E-state index in [1.54, 1.807) is 6.33 Å². The average molecular weight is 341 g/mol. The number of aromatic nitrogens is 3. The van der Waals surface area contributed by atoms with Crippen molar-refractivity contribution < 1.29 is 4.79 Å². The highest BCUT2D eigenvalue weighted by Crippen LogP contribution is 2.37. The van der Waals surface area contributed by atoms with Crippen molar-refractivity contribution in [3.63, 3.8) is 0 Å². The van der Waals surface area contributed by atoms with Gasteiger partial charge in [-0.25, -0.2) is 9.50 Å². The lowest BCUT2D eigenvalue weighted by Crippen LogP contribution is -2.43. The van der Waals surface area contributed by atoms with E-state index in [2.05, 4.69) is 22.2 Å². The summed E-state index contributed by atoms with van der Waals surface area (Å²) in [4.78, 5) is 18.6. The Hall–Kier alpha value is -1.95. The molecule has 0 spiro atoms. The highest BCUT2D eigenvalue weighted by atomic mass is 16.2. The number of hydrogen-bond donors (Lipinski definition) is 1. The maximum Gasteiger partial charge on any atom is 0.239 e. The summed E-state index contributed by atoms with van der Waals surface area (Å²) in [5.41, 5.74) is 8.39. The number of hydrogen-bond acceptors (Lipinski definition) is 4. The molecular weight excluding hydrogens is 314 g/mol. The smallest absolute Gasteiger partial charge is 0.239 e. The van der Waals surface area contributed by atoms with E-state index in [0.29, 0.717) is 11.8 Å². The molecular formula is C19H27N5O. The monoisotopic (exact) mass is 341 g/mol. The molecule has 1 amide bonds. The molecule has 6 heteroatoms. The molecule has 6 nitrogen and oxygen atoms in total. The van der Waals surface area contributed by atoms with Gasteiger partial charge in [0.2, 0.25) is 5.91 Å². The van der Waals surface area contributed by atoms with Crippen LogP contribution in [0.25, 0.3) is 5.65 Å². The van der Waals surface area contributed by atoms with Crippen molar-refractivity contribution in [3.8, 4) is 0 Å². The molecule has 1 aliphatic heterocycles. The molecule has 1 atom stereocenters. The molecule has 0 unspecified atom stereocenters. The fraction of sp³-hybridized carbons (Fsp3) is 0.632. The Morgan fingerprint density at radius 2 is 1.96 bits per heavy atom. The molecule has 134 valence electrons. The van der Waals surface area contributed by atoms with Gasteiger partial charge >= 0.3 is 0 Å². The van der Waals surface area contributed by atoms with Crippen LogP contribution in [-0.2, 0) is 4.79 Å². The number of fused-ring (bicyclic) bond motifs is 1. The Balaban J connectivity index is 1.34. The summed E-state index contributed by atoms with van der Waals surface area (Å²) in [5, 5.41) is 4.36. The van der Waals surface area contributed by atoms with Gasteiger partial charge in [-0.05, 0) is 63.0 Å². The molecule has 1 saturated carbocycles. The normalized spacial score (nSPS) is 25.4. The van der Waals surface area contributed by atoms with Gasteiger partial charge in [0, 0.05) is 24.7 Å². The third-order valence-electron chi connectivity index (χ3n) is 5.92. The van der Waals surface area contributed by atoms with Gasteiger partial charge in [-0.15, -0.1) is 0 Å². The first-order valence-corrected chi connectivity index (χ1v) is 9.55. The maximum absolute atomic E-state index is 12.4. The van der Waals surface area contributed by atoms with Crippen LogP contribution in [0.15, 0.2) is 24.5 Å². The first kappa shape index (κ1) is 16.5. The molecule has 2 aromatic heterocycles. The molecule has 0 aromatic carbocycles. The van der Waals surface area contributed by atoms with Gasteiger partial charge in [0.05, 0.1) is 6.04 Å². The third-order valence-corrected chi connectivity index (χ3v) is 5.92. The molecule has 0 bridgehead atoms. The van der Waals surface area contributed by atoms with Crippen LogP contribution >= 0.6 is 0 Å². The Morgan fingerprint density at radius 3 is 2.72 bits per heavy atom. The van der Waals surface area contributed by atoms with Crippen LogP contribution in [0.4, 0.5) is 0 Å². The zero-order chi connectivity index (χ0) is 17.2. The van der Waals surface area contributed by atoms with E-state index in [1.165, 1.54) is 5.69 Å². The first-order chi connectivity index (χ1) is 12.2. The number of amides is 1. The predicted octanol–water partition coefficient (Wildman–Crippen LogP) is 2.34. The second-order valence-corrected chi connectivity index (χ2v) is 7.57. The van der Waals surface area contributed by atoms with Crippen molar-refractivity contribution in [3.05, 3.63) is 30.2 Å². The highest BCUT2D eigenvalue weighted by Gasteiger charge is 2.29. The second-order valence-electron chi connectivity index (χ2n) is 7.57. The van der Waals surface area contributed by atoms with Gasteiger partial charge in [0.25, 0.3) is 0 Å². The third kappa shape index (κ3) is 3.40. The summed E-state index contributed by atoms with van der Waals surface area (Å²) in [6, 6.07) is 5.90. The van der Waals surface area contributed by atoms with E-state index in [-0.39, 0.29) is 11.9 Å². The number of nitrogens with two attached hydrogens (primary N) is 1. The zero-order valence-corrected chi connectivity index (χ0v) is 14.7. The first-order valence-electron chi connectivity index (χ1n) is 9.55. The molecule has 1 saturated heterocycles. The topological polar surface area (TPSA) is 76.5 Å². The molecule has 2 aromatic rings. The van der Waals surface area contributed by atoms with Crippen LogP contribution in [0.1, 0.15) is 56.6 Å². The molecule has 25 heavy (non-hydrogen) atoms. The summed E-state index contributed by atoms with van der Waals surface area (Å²) in [6.07, 6.45) is 9.23. The van der Waals surface area contributed by atoms with Crippen LogP contribution in [0.5, 0.6) is 0 Å². The molecule has 2 N–H and O–H groups in total. The zero-order valence-electron chi connectivity index (χ0n) is 14.7. The van der Waals surface area contributed by atoms with Gasteiger partial charge in [-0.3, -0.25) is 4.79 Å². The Kier molecular flexibility index (Phi) is 4.70. The fourth-order valence-electron chi connectivity index (χ4n) is 4.50. The predicted molar refractivity (Wildman–Crippen MR) is 96.1 cm³/mol. The minimum Gasteiger partial charge on any atom is -0.341 e. The molecule has 4 rings (SSSR count). The van der Waals surface area contributed by atoms with Crippen molar-refractivity contribution in [1.29, 1.82) is 0 Å². The van der Waals surface area contributed by atoms with E-state index in [0.717, 1.165) is 63.7 Å². The van der Waals surface area contributed by atoms with Crippen molar-refractivity contribution in [2.45, 2.75) is 56.9 Å². The number of carbonyl (C=O) groups excluding carboxylic acids is 1. The van der Waals surface area contributed by atoms with E-state index in [4.69, 9.17) is 5.73 Å². The van der Waals surface area contributed by atoms with Crippen LogP contribution < -0.4 is 5.73 Å². The van der Waals surface area contributed by atoms with Gasteiger partial charge in [0.1, 0.15) is 6.33 Å². The second kappa shape index (κ2) is 7.12. The summed E-state index contributed by atoms with van der Waals surface area (Å²) in [7, 11) is 0. The van der Waals surface area contributed by atoms with Crippen LogP contribution in [0, 0.1) is 5.92 Å². The Labute approximate surface area is 148 Å². The molecule has 2 aliphatic rings. The average Bonchev–Trinajstić information content (AvgIpc) is 3.33. The lowest BCUT2D eigenvalue weighted by molar-refractivity contribution is -0.132. The van der Waals surface area contributed by atoms with Crippen LogP contribution in [0.3, 0.4) is 0 Å². The summed E-state index contributed by atoms with van der Waals surface area (Å²) in [5.74, 6) is 1.24. The van der Waals surface area contributed by atoms with E-state index in [1.807, 2.05) is 15.5 Å². The highest BCUT2D eigenvalue weighted by molar-refractivity contribution is 5.81. The molecule has 0 radical (unpaired) electrons. The van der Waals surface area contributed by atoms with Crippen molar-refractivity contribution in [2.75, 3.05) is 13.1 Å². The fourth-order valence-corrected chi connectivity index (χ4v) is 4.50. The number of nitrogens with zero attached hydrogens (tertiary/aromatic N) is 4. The maximum atomic E-state index is 12.4. The molecule has 3 heterocycles. The molecule has 2 fully saturated rings. The standard InChI is InChI=1S/C19H27N5O/c20-16(19(25)23-10-1-2-11-23)12-14-6-8-15(9-7-14)17-4-3-5-18-21-13-22-24(17)18/h3-5,13-16H,1-2,6-12,20H2/t14?,15?,16-/m0/s1. The molecule has 1 aliphatic carbocycles. The van der Waals surface area contributed by atoms with Crippen LogP contribution in [-0.4, -0.2) is 44.5 Å². The summed E-state index contributed by atoms with van der Waals surface area (Å²) < 4.78 is 1.97. The minimum atomic E-state index is -0.321. The number of rotatable bonds is 4. The Bertz CT molecular complexity index is 728. The minimum absolute atomic E-state index is 0.159. The van der Waals surface area contributed by atoms with Crippen molar-refractivity contribution in [2.24, 2.45) is 11.7 Å². The van der Waals surface area contributed by atoms with Gasteiger partial charge in [-0.1, -0.05) is 6.07 Å². The van der Waals surface area contributed by atoms with E-state index < -0.39 is 0 Å². The number of pyridine rings is 1. The Morgan fingerprint density at radius 1 is 1.20 bits per heavy atom. The van der Waals surface area contributed by atoms with Crippen LogP contribution in [0.2, 0.25) is 0 Å². The summed E-state index contributed by atoms with van der Waals surface area (Å²) in [6.45, 7) is 1.78. The van der Waals surface area contributed by atoms with Crippen molar-refractivity contribution >= 4 is 11.6 Å². The lowest BCUT2D eigenvalue weighted by Gasteiger charge is -2.31. The van der Waals surface area contributed by atoms with E-state index >= 15 is 0 Å². The van der Waals surface area contributed by atoms with Gasteiger partial charge < -0.3 is 10.6 Å². The SMILES string of the molecule is N[C@@H](CC1CCC(c2cccc3ncnn23)CC1)C(=O)N1CCCC1. The van der Waals surface area contributed by atoms with Gasteiger partial charge in [0.15, 0.2) is 5.65 Å².